The van der Waals surface area contributed by atoms with Gasteiger partial charge in [-0.05, 0) is 25.2 Å². The molecule has 1 aromatic rings. The minimum atomic E-state index is 0.297. The van der Waals surface area contributed by atoms with Gasteiger partial charge in [0.05, 0.1) is 12.5 Å². The minimum absolute atomic E-state index is 0.297. The molecule has 0 aliphatic heterocycles. The van der Waals surface area contributed by atoms with E-state index in [1.165, 1.54) is 5.56 Å². The first kappa shape index (κ1) is 12.6. The molecule has 0 radical (unpaired) electrons. The lowest BCUT2D eigenvalue weighted by Crippen LogP contribution is -2.21. The van der Waals surface area contributed by atoms with Crippen LogP contribution in [0.25, 0.3) is 0 Å². The molecule has 0 aliphatic carbocycles. The third-order valence-corrected chi connectivity index (χ3v) is 3.26. The number of aliphatic hydroxyl groups is 1. The van der Waals surface area contributed by atoms with Crippen molar-refractivity contribution < 1.29 is 9.52 Å². The Morgan fingerprint density at radius 3 is 3.07 bits per heavy atom. The van der Waals surface area contributed by atoms with E-state index in [1.54, 1.807) is 12.5 Å². The number of aliphatic hydroxyl groups excluding tert-OH is 1. The topological polar surface area (TPSA) is 45.4 Å². The Morgan fingerprint density at radius 1 is 1.53 bits per heavy atom. The first-order valence-electron chi connectivity index (χ1n) is 5.28. The van der Waals surface area contributed by atoms with Gasteiger partial charge in [-0.3, -0.25) is 0 Å². The van der Waals surface area contributed by atoms with Crippen molar-refractivity contribution in [2.24, 2.45) is 0 Å². The first-order valence-corrected chi connectivity index (χ1v) is 6.44. The Balaban J connectivity index is 2.00. The maximum absolute atomic E-state index is 8.60. The Bertz CT molecular complexity index is 239. The predicted octanol–water partition coefficient (Wildman–Crippen LogP) is 2.05. The first-order chi connectivity index (χ1) is 7.34. The average molecular weight is 229 g/mol. The summed E-state index contributed by atoms with van der Waals surface area (Å²) in [7, 11) is 0. The van der Waals surface area contributed by atoms with Crippen LogP contribution in [0.3, 0.4) is 0 Å². The molecular formula is C11H19NO2S. The Hall–Kier alpha value is -0.450. The molecule has 0 amide bonds. The summed E-state index contributed by atoms with van der Waals surface area (Å²) in [5, 5.41) is 12.0. The number of hydrogen-bond acceptors (Lipinski definition) is 4. The second-order valence-corrected chi connectivity index (χ2v) is 4.65. The van der Waals surface area contributed by atoms with Crippen molar-refractivity contribution in [1.82, 2.24) is 5.32 Å². The summed E-state index contributed by atoms with van der Waals surface area (Å²) < 4.78 is 5.02. The van der Waals surface area contributed by atoms with Crippen molar-refractivity contribution in [3.63, 3.8) is 0 Å². The van der Waals surface area contributed by atoms with Crippen LogP contribution in [-0.2, 0) is 0 Å². The Kier molecular flexibility index (Phi) is 6.55. The normalized spacial score (nSPS) is 12.9. The molecule has 0 bridgehead atoms. The molecular weight excluding hydrogens is 210 g/mol. The van der Waals surface area contributed by atoms with Crippen LogP contribution in [0.4, 0.5) is 0 Å². The summed E-state index contributed by atoms with van der Waals surface area (Å²) >= 11 is 1.87. The predicted molar refractivity (Wildman–Crippen MR) is 64.2 cm³/mol. The molecule has 1 atom stereocenters. The van der Waals surface area contributed by atoms with Crippen LogP contribution in [0, 0.1) is 0 Å². The van der Waals surface area contributed by atoms with Crippen molar-refractivity contribution in [3.05, 3.63) is 24.2 Å². The van der Waals surface area contributed by atoms with Crippen molar-refractivity contribution in [2.45, 2.75) is 19.4 Å². The smallest absolute Gasteiger partial charge is 0.0950 e. The SMILES string of the molecule is CC(NCCSCCCO)c1ccoc1. The highest BCUT2D eigenvalue weighted by Crippen LogP contribution is 2.12. The molecule has 0 fully saturated rings. The molecule has 0 spiro atoms. The van der Waals surface area contributed by atoms with Crippen molar-refractivity contribution in [1.29, 1.82) is 0 Å². The minimum Gasteiger partial charge on any atom is -0.472 e. The fourth-order valence-electron chi connectivity index (χ4n) is 1.26. The maximum atomic E-state index is 8.60. The van der Waals surface area contributed by atoms with Crippen LogP contribution in [-0.4, -0.2) is 29.8 Å². The van der Waals surface area contributed by atoms with Gasteiger partial charge in [-0.1, -0.05) is 0 Å². The molecule has 0 aliphatic rings. The second kappa shape index (κ2) is 7.79. The third kappa shape index (κ3) is 5.25. The van der Waals surface area contributed by atoms with Gasteiger partial charge in [-0.15, -0.1) is 0 Å². The van der Waals surface area contributed by atoms with Crippen LogP contribution in [0.2, 0.25) is 0 Å². The number of thioether (sulfide) groups is 1. The zero-order valence-corrected chi connectivity index (χ0v) is 9.93. The van der Waals surface area contributed by atoms with Crippen molar-refractivity contribution >= 4 is 11.8 Å². The largest absolute Gasteiger partial charge is 0.472 e. The van der Waals surface area contributed by atoms with E-state index in [1.807, 2.05) is 17.8 Å². The van der Waals surface area contributed by atoms with Gasteiger partial charge in [-0.25, -0.2) is 0 Å². The van der Waals surface area contributed by atoms with E-state index in [4.69, 9.17) is 9.52 Å². The highest BCUT2D eigenvalue weighted by atomic mass is 32.2. The van der Waals surface area contributed by atoms with E-state index in [9.17, 15) is 0 Å². The van der Waals surface area contributed by atoms with E-state index < -0.39 is 0 Å². The molecule has 2 N–H and O–H groups in total. The number of rotatable bonds is 8. The van der Waals surface area contributed by atoms with E-state index >= 15 is 0 Å². The fourth-order valence-corrected chi connectivity index (χ4v) is 2.06. The lowest BCUT2D eigenvalue weighted by Gasteiger charge is -2.11. The lowest BCUT2D eigenvalue weighted by molar-refractivity contribution is 0.296. The van der Waals surface area contributed by atoms with Gasteiger partial charge in [0, 0.05) is 30.5 Å². The van der Waals surface area contributed by atoms with Gasteiger partial charge in [0.1, 0.15) is 0 Å². The molecule has 1 rings (SSSR count). The van der Waals surface area contributed by atoms with Crippen LogP contribution in [0.15, 0.2) is 23.0 Å². The number of furan rings is 1. The van der Waals surface area contributed by atoms with Gasteiger partial charge in [-0.2, -0.15) is 11.8 Å². The van der Waals surface area contributed by atoms with Gasteiger partial charge in [0.25, 0.3) is 0 Å². The van der Waals surface area contributed by atoms with E-state index in [-0.39, 0.29) is 0 Å². The standard InChI is InChI=1S/C11H19NO2S/c1-10(11-3-6-14-9-11)12-4-8-15-7-2-5-13/h3,6,9-10,12-13H,2,4-5,7-8H2,1H3. The monoisotopic (exact) mass is 229 g/mol. The van der Waals surface area contributed by atoms with Gasteiger partial charge >= 0.3 is 0 Å². The number of nitrogens with one attached hydrogen (secondary N) is 1. The molecule has 1 unspecified atom stereocenters. The number of hydrogen-bond donors (Lipinski definition) is 2. The summed E-state index contributed by atoms with van der Waals surface area (Å²) in [5.74, 6) is 2.13. The molecule has 0 aromatic carbocycles. The van der Waals surface area contributed by atoms with Crippen LogP contribution >= 0.6 is 11.8 Å². The summed E-state index contributed by atoms with van der Waals surface area (Å²) in [4.78, 5) is 0. The summed E-state index contributed by atoms with van der Waals surface area (Å²) in [5.41, 5.74) is 1.19. The van der Waals surface area contributed by atoms with E-state index in [0.717, 1.165) is 24.5 Å². The fraction of sp³-hybridized carbons (Fsp3) is 0.636. The van der Waals surface area contributed by atoms with Crippen molar-refractivity contribution in [3.8, 4) is 0 Å². The molecule has 0 saturated heterocycles. The molecule has 4 heteroatoms. The Morgan fingerprint density at radius 2 is 2.40 bits per heavy atom. The van der Waals surface area contributed by atoms with Crippen LogP contribution < -0.4 is 5.32 Å². The van der Waals surface area contributed by atoms with Gasteiger partial charge in [0.15, 0.2) is 0 Å². The van der Waals surface area contributed by atoms with E-state index in [0.29, 0.717) is 12.6 Å². The molecule has 1 heterocycles. The summed E-state index contributed by atoms with van der Waals surface area (Å²) in [6.45, 7) is 3.41. The third-order valence-electron chi connectivity index (χ3n) is 2.19. The zero-order valence-electron chi connectivity index (χ0n) is 9.11. The molecule has 0 saturated carbocycles. The summed E-state index contributed by atoms with van der Waals surface area (Å²) in [6.07, 6.45) is 4.36. The highest BCUT2D eigenvalue weighted by molar-refractivity contribution is 7.99. The Labute approximate surface area is 95.2 Å². The van der Waals surface area contributed by atoms with Gasteiger partial charge < -0.3 is 14.8 Å². The average Bonchev–Trinajstić information content (AvgIpc) is 2.76. The maximum Gasteiger partial charge on any atom is 0.0950 e. The second-order valence-electron chi connectivity index (χ2n) is 3.42. The molecule has 1 aromatic heterocycles. The van der Waals surface area contributed by atoms with Gasteiger partial charge in [0.2, 0.25) is 0 Å². The van der Waals surface area contributed by atoms with Crippen molar-refractivity contribution in [2.75, 3.05) is 24.7 Å². The zero-order chi connectivity index (χ0) is 10.9. The quantitative estimate of drug-likeness (QED) is 0.670. The lowest BCUT2D eigenvalue weighted by atomic mass is 10.2. The molecule has 15 heavy (non-hydrogen) atoms. The highest BCUT2D eigenvalue weighted by Gasteiger charge is 2.04. The molecule has 3 nitrogen and oxygen atoms in total. The van der Waals surface area contributed by atoms with E-state index in [2.05, 4.69) is 12.2 Å². The summed E-state index contributed by atoms with van der Waals surface area (Å²) in [6, 6.07) is 2.33. The molecule has 86 valence electrons. The van der Waals surface area contributed by atoms with Crippen LogP contribution in [0.1, 0.15) is 24.9 Å². The van der Waals surface area contributed by atoms with Crippen LogP contribution in [0.5, 0.6) is 0 Å².